The molecule has 0 spiro atoms. The molecule has 1 atom stereocenters. The van der Waals surface area contributed by atoms with E-state index in [-0.39, 0.29) is 5.91 Å². The van der Waals surface area contributed by atoms with Gasteiger partial charge in [-0.25, -0.2) is 0 Å². The van der Waals surface area contributed by atoms with Crippen molar-refractivity contribution < 1.29 is 9.90 Å². The van der Waals surface area contributed by atoms with E-state index in [1.54, 1.807) is 4.90 Å². The first-order valence-electron chi connectivity index (χ1n) is 6.75. The van der Waals surface area contributed by atoms with E-state index in [0.717, 1.165) is 12.8 Å². The Labute approximate surface area is 115 Å². The largest absolute Gasteiger partial charge is 0.392 e. The van der Waals surface area contributed by atoms with Gasteiger partial charge in [-0.05, 0) is 19.3 Å². The minimum absolute atomic E-state index is 0.00949. The predicted octanol–water partition coefficient (Wildman–Crippen LogP) is 1.45. The third kappa shape index (κ3) is 3.01. The van der Waals surface area contributed by atoms with Gasteiger partial charge in [-0.2, -0.15) is 0 Å². The number of hydrogen-bond acceptors (Lipinski definition) is 3. The van der Waals surface area contributed by atoms with Crippen LogP contribution in [0.25, 0.3) is 0 Å². The Morgan fingerprint density at radius 1 is 1.44 bits per heavy atom. The lowest BCUT2D eigenvalue weighted by Crippen LogP contribution is -2.50. The van der Waals surface area contributed by atoms with Gasteiger partial charge in [-0.1, -0.05) is 38.9 Å². The normalized spacial score (nSPS) is 20.2. The summed E-state index contributed by atoms with van der Waals surface area (Å²) in [7, 11) is 0. The van der Waals surface area contributed by atoms with Gasteiger partial charge in [-0.15, -0.1) is 0 Å². The molecule has 0 bridgehead atoms. The van der Waals surface area contributed by atoms with E-state index in [4.69, 9.17) is 18.0 Å². The van der Waals surface area contributed by atoms with Crippen LogP contribution in [-0.4, -0.2) is 40.1 Å². The molecular formula is C13H24N2O2S. The maximum absolute atomic E-state index is 12.7. The van der Waals surface area contributed by atoms with Crippen LogP contribution < -0.4 is 5.73 Å². The Balaban J connectivity index is 2.93. The molecule has 104 valence electrons. The Morgan fingerprint density at radius 3 is 2.33 bits per heavy atom. The summed E-state index contributed by atoms with van der Waals surface area (Å²) in [4.78, 5) is 14.7. The number of aliphatic hydroxyl groups excluding tert-OH is 1. The number of rotatable bonds is 6. The number of β-amino-alcohol motifs (C(OH)–C–C–N with tert-alkyl or cyclic N) is 1. The average molecular weight is 272 g/mol. The molecule has 4 nitrogen and oxygen atoms in total. The van der Waals surface area contributed by atoms with Crippen LogP contribution in [-0.2, 0) is 4.79 Å². The van der Waals surface area contributed by atoms with E-state index < -0.39 is 11.5 Å². The summed E-state index contributed by atoms with van der Waals surface area (Å²) in [6, 6.07) is 0. The zero-order valence-corrected chi connectivity index (χ0v) is 12.1. The molecule has 0 aromatic heterocycles. The van der Waals surface area contributed by atoms with Gasteiger partial charge in [0, 0.05) is 13.1 Å². The molecular weight excluding hydrogens is 248 g/mol. The molecule has 18 heavy (non-hydrogen) atoms. The monoisotopic (exact) mass is 272 g/mol. The third-order valence-corrected chi connectivity index (χ3v) is 4.08. The van der Waals surface area contributed by atoms with Crippen molar-refractivity contribution in [3.63, 3.8) is 0 Å². The molecule has 1 fully saturated rings. The second kappa shape index (κ2) is 6.48. The Hall–Kier alpha value is -0.680. The summed E-state index contributed by atoms with van der Waals surface area (Å²) in [6.45, 7) is 5.10. The SMILES string of the molecule is CCCC(CCC)(C(=O)N1CCC(O)C1)C(N)=S. The van der Waals surface area contributed by atoms with E-state index >= 15 is 0 Å². The van der Waals surface area contributed by atoms with Gasteiger partial charge in [0.15, 0.2) is 0 Å². The number of aliphatic hydroxyl groups is 1. The van der Waals surface area contributed by atoms with Crippen LogP contribution in [0.5, 0.6) is 0 Å². The number of nitrogens with zero attached hydrogens (tertiary/aromatic N) is 1. The van der Waals surface area contributed by atoms with Crippen molar-refractivity contribution in [1.82, 2.24) is 4.90 Å². The van der Waals surface area contributed by atoms with Crippen LogP contribution in [0.15, 0.2) is 0 Å². The molecule has 1 unspecified atom stereocenters. The molecule has 5 heteroatoms. The second-order valence-electron chi connectivity index (χ2n) is 5.14. The van der Waals surface area contributed by atoms with Gasteiger partial charge in [0.05, 0.1) is 16.5 Å². The fourth-order valence-corrected chi connectivity index (χ4v) is 3.06. The van der Waals surface area contributed by atoms with Crippen molar-refractivity contribution in [2.24, 2.45) is 11.1 Å². The number of hydrogen-bond donors (Lipinski definition) is 2. The van der Waals surface area contributed by atoms with Crippen LogP contribution in [0.2, 0.25) is 0 Å². The summed E-state index contributed by atoms with van der Waals surface area (Å²) in [5.41, 5.74) is 5.16. The highest BCUT2D eigenvalue weighted by Crippen LogP contribution is 2.34. The first kappa shape index (κ1) is 15.4. The van der Waals surface area contributed by atoms with Crippen molar-refractivity contribution >= 4 is 23.1 Å². The molecule has 1 saturated heterocycles. The van der Waals surface area contributed by atoms with Crippen LogP contribution >= 0.6 is 12.2 Å². The van der Waals surface area contributed by atoms with Crippen molar-refractivity contribution in [3.8, 4) is 0 Å². The highest BCUT2D eigenvalue weighted by Gasteiger charge is 2.43. The van der Waals surface area contributed by atoms with Gasteiger partial charge in [-0.3, -0.25) is 4.79 Å². The molecule has 1 rings (SSSR count). The summed E-state index contributed by atoms with van der Waals surface area (Å²) in [5, 5.41) is 9.55. The molecule has 1 amide bonds. The number of carbonyl (C=O) groups is 1. The maximum Gasteiger partial charge on any atom is 0.235 e. The standard InChI is InChI=1S/C13H24N2O2S/c1-3-6-13(7-4-2,11(14)18)12(17)15-8-5-10(16)9-15/h10,16H,3-9H2,1-2H3,(H2,14,18). The van der Waals surface area contributed by atoms with Gasteiger partial charge >= 0.3 is 0 Å². The van der Waals surface area contributed by atoms with E-state index in [1.165, 1.54) is 0 Å². The van der Waals surface area contributed by atoms with E-state index in [0.29, 0.717) is 37.3 Å². The number of nitrogens with two attached hydrogens (primary N) is 1. The van der Waals surface area contributed by atoms with Crippen molar-refractivity contribution in [2.75, 3.05) is 13.1 Å². The molecule has 0 aromatic carbocycles. The maximum atomic E-state index is 12.7. The topological polar surface area (TPSA) is 66.6 Å². The quantitative estimate of drug-likeness (QED) is 0.718. The molecule has 1 aliphatic heterocycles. The summed E-state index contributed by atoms with van der Waals surface area (Å²) < 4.78 is 0. The van der Waals surface area contributed by atoms with Gasteiger partial charge in [0.2, 0.25) is 5.91 Å². The summed E-state index contributed by atoms with van der Waals surface area (Å²) >= 11 is 5.17. The number of amides is 1. The average Bonchev–Trinajstić information content (AvgIpc) is 2.74. The summed E-state index contributed by atoms with van der Waals surface area (Å²) in [5.74, 6) is 0.00949. The minimum Gasteiger partial charge on any atom is -0.392 e. The lowest BCUT2D eigenvalue weighted by atomic mass is 9.77. The molecule has 1 heterocycles. The molecule has 0 saturated carbocycles. The minimum atomic E-state index is -0.705. The fourth-order valence-electron chi connectivity index (χ4n) is 2.77. The van der Waals surface area contributed by atoms with E-state index in [2.05, 4.69) is 0 Å². The fraction of sp³-hybridized carbons (Fsp3) is 0.846. The lowest BCUT2D eigenvalue weighted by Gasteiger charge is -2.34. The Bertz CT molecular complexity index is 314. The van der Waals surface area contributed by atoms with Crippen LogP contribution in [0.4, 0.5) is 0 Å². The summed E-state index contributed by atoms with van der Waals surface area (Å²) in [6.07, 6.45) is 3.39. The molecule has 3 N–H and O–H groups in total. The van der Waals surface area contributed by atoms with Crippen LogP contribution in [0, 0.1) is 5.41 Å². The zero-order valence-electron chi connectivity index (χ0n) is 11.3. The number of carbonyl (C=O) groups excluding carboxylic acids is 1. The predicted molar refractivity (Wildman–Crippen MR) is 76.2 cm³/mol. The molecule has 0 aromatic rings. The Kier molecular flexibility index (Phi) is 5.53. The lowest BCUT2D eigenvalue weighted by molar-refractivity contribution is -0.138. The van der Waals surface area contributed by atoms with Gasteiger partial charge in [0.1, 0.15) is 0 Å². The third-order valence-electron chi connectivity index (χ3n) is 3.69. The molecule has 1 aliphatic rings. The van der Waals surface area contributed by atoms with Crippen LogP contribution in [0.1, 0.15) is 46.0 Å². The van der Waals surface area contributed by atoms with Crippen molar-refractivity contribution in [2.45, 2.75) is 52.1 Å². The zero-order chi connectivity index (χ0) is 13.8. The number of likely N-dealkylation sites (tertiary alicyclic amines) is 1. The van der Waals surface area contributed by atoms with Crippen LogP contribution in [0.3, 0.4) is 0 Å². The number of thiocarbonyl (C=S) groups is 1. The van der Waals surface area contributed by atoms with Crippen molar-refractivity contribution in [3.05, 3.63) is 0 Å². The van der Waals surface area contributed by atoms with E-state index in [1.807, 2.05) is 13.8 Å². The molecule has 0 aliphatic carbocycles. The van der Waals surface area contributed by atoms with Gasteiger partial charge < -0.3 is 15.7 Å². The van der Waals surface area contributed by atoms with Crippen molar-refractivity contribution in [1.29, 1.82) is 0 Å². The molecule has 0 radical (unpaired) electrons. The first-order chi connectivity index (χ1) is 8.47. The smallest absolute Gasteiger partial charge is 0.235 e. The highest BCUT2D eigenvalue weighted by molar-refractivity contribution is 7.80. The highest BCUT2D eigenvalue weighted by atomic mass is 32.1. The van der Waals surface area contributed by atoms with E-state index in [9.17, 15) is 9.90 Å². The van der Waals surface area contributed by atoms with Gasteiger partial charge in [0.25, 0.3) is 0 Å². The second-order valence-corrected chi connectivity index (χ2v) is 5.58. The Morgan fingerprint density at radius 2 is 2.00 bits per heavy atom. The first-order valence-corrected chi connectivity index (χ1v) is 7.16.